The minimum Gasteiger partial charge on any atom is -0.279 e. The lowest BCUT2D eigenvalue weighted by Crippen LogP contribution is -2.00. The number of unbranched alkanes of at least 4 members (excludes halogenated alkanes) is 1. The molecule has 0 heterocycles. The van der Waals surface area contributed by atoms with Gasteiger partial charge in [-0.15, -0.1) is 0 Å². The van der Waals surface area contributed by atoms with Gasteiger partial charge in [0.05, 0.1) is 4.62 Å². The van der Waals surface area contributed by atoms with Crippen molar-refractivity contribution in [1.82, 2.24) is 0 Å². The molecule has 0 aromatic carbocycles. The van der Waals surface area contributed by atoms with Crippen molar-refractivity contribution < 1.29 is 0 Å². The first kappa shape index (κ1) is 11.2. The van der Waals surface area contributed by atoms with Crippen LogP contribution in [0.25, 0.3) is 0 Å². The van der Waals surface area contributed by atoms with E-state index in [0.717, 1.165) is 11.0 Å². The number of hydrogen-bond donors (Lipinski definition) is 0. The van der Waals surface area contributed by atoms with Crippen molar-refractivity contribution >= 4 is 20.6 Å². The molecule has 0 amide bonds. The van der Waals surface area contributed by atoms with Crippen LogP contribution < -0.4 is 0 Å². The van der Waals surface area contributed by atoms with Crippen molar-refractivity contribution in [1.29, 1.82) is 0 Å². The zero-order valence-electron chi connectivity index (χ0n) is 7.73. The summed E-state index contributed by atoms with van der Waals surface area (Å²) in [6.07, 6.45) is 4.78. The maximum Gasteiger partial charge on any atom is 0.0774 e. The van der Waals surface area contributed by atoms with E-state index in [4.69, 9.17) is 0 Å². The fourth-order valence-corrected chi connectivity index (χ4v) is 1.24. The van der Waals surface area contributed by atoms with Gasteiger partial charge >= 0.3 is 0 Å². The van der Waals surface area contributed by atoms with E-state index in [9.17, 15) is 0 Å². The Balaban J connectivity index is 3.57. The Labute approximate surface area is 78.4 Å². The molecule has 0 aliphatic heterocycles. The van der Waals surface area contributed by atoms with E-state index in [1.54, 1.807) is 0 Å². The lowest BCUT2D eigenvalue weighted by atomic mass is 10.1. The molecule has 0 saturated heterocycles. The van der Waals surface area contributed by atoms with Gasteiger partial charge in [-0.25, -0.2) is 0 Å². The van der Waals surface area contributed by atoms with Gasteiger partial charge in [0.15, 0.2) is 0 Å². The standard InChI is InChI=1S/C9H18BrN/c1-4-6-7-8(3)11-9(10)5-2/h8H,4-7H2,1-3H3/b11-9+. The summed E-state index contributed by atoms with van der Waals surface area (Å²) in [4.78, 5) is 4.47. The fraction of sp³-hybridized carbons (Fsp3) is 0.889. The molecule has 0 aliphatic carbocycles. The van der Waals surface area contributed by atoms with E-state index >= 15 is 0 Å². The van der Waals surface area contributed by atoms with Crippen LogP contribution in [0.2, 0.25) is 0 Å². The first-order chi connectivity index (χ1) is 5.20. The van der Waals surface area contributed by atoms with E-state index in [1.807, 2.05) is 0 Å². The van der Waals surface area contributed by atoms with Crippen molar-refractivity contribution in [3.05, 3.63) is 0 Å². The van der Waals surface area contributed by atoms with E-state index in [-0.39, 0.29) is 0 Å². The smallest absolute Gasteiger partial charge is 0.0774 e. The Bertz CT molecular complexity index is 121. The van der Waals surface area contributed by atoms with Gasteiger partial charge in [0.25, 0.3) is 0 Å². The molecule has 0 N–H and O–H groups in total. The van der Waals surface area contributed by atoms with Gasteiger partial charge in [0.1, 0.15) is 0 Å². The van der Waals surface area contributed by atoms with E-state index in [0.29, 0.717) is 6.04 Å². The molecule has 0 saturated carbocycles. The van der Waals surface area contributed by atoms with Gasteiger partial charge in [-0.3, -0.25) is 4.99 Å². The maximum atomic E-state index is 4.47. The summed E-state index contributed by atoms with van der Waals surface area (Å²) in [6.45, 7) is 6.50. The lowest BCUT2D eigenvalue weighted by Gasteiger charge is -2.04. The number of hydrogen-bond acceptors (Lipinski definition) is 1. The summed E-state index contributed by atoms with van der Waals surface area (Å²) in [5.41, 5.74) is 0. The Morgan fingerprint density at radius 2 is 2.09 bits per heavy atom. The van der Waals surface area contributed by atoms with Crippen LogP contribution >= 0.6 is 15.9 Å². The highest BCUT2D eigenvalue weighted by Gasteiger charge is 1.98. The summed E-state index contributed by atoms with van der Waals surface area (Å²) in [5.74, 6) is 0. The second-order valence-electron chi connectivity index (χ2n) is 2.85. The summed E-state index contributed by atoms with van der Waals surface area (Å²) in [7, 11) is 0. The first-order valence-corrected chi connectivity index (χ1v) is 5.22. The molecule has 2 heteroatoms. The summed E-state index contributed by atoms with van der Waals surface area (Å²) in [6, 6.07) is 0.490. The van der Waals surface area contributed by atoms with Gasteiger partial charge in [-0.1, -0.05) is 26.7 Å². The normalized spacial score (nSPS) is 15.1. The number of rotatable bonds is 5. The third-order valence-corrected chi connectivity index (χ3v) is 2.39. The van der Waals surface area contributed by atoms with Crippen molar-refractivity contribution in [3.63, 3.8) is 0 Å². The topological polar surface area (TPSA) is 12.4 Å². The molecule has 0 bridgehead atoms. The molecule has 0 fully saturated rings. The summed E-state index contributed by atoms with van der Waals surface area (Å²) >= 11 is 3.42. The van der Waals surface area contributed by atoms with E-state index in [1.165, 1.54) is 19.3 Å². The quantitative estimate of drug-likeness (QED) is 0.625. The summed E-state index contributed by atoms with van der Waals surface area (Å²) in [5, 5.41) is 0. The molecule has 0 aliphatic rings. The highest BCUT2D eigenvalue weighted by Crippen LogP contribution is 2.06. The molecule has 0 radical (unpaired) electrons. The Morgan fingerprint density at radius 3 is 2.55 bits per heavy atom. The summed E-state index contributed by atoms with van der Waals surface area (Å²) < 4.78 is 1.10. The van der Waals surface area contributed by atoms with E-state index in [2.05, 4.69) is 41.7 Å². The second-order valence-corrected chi connectivity index (χ2v) is 3.77. The number of nitrogens with zero attached hydrogens (tertiary/aromatic N) is 1. The average molecular weight is 220 g/mol. The maximum absolute atomic E-state index is 4.47. The van der Waals surface area contributed by atoms with Gasteiger partial charge in [0.2, 0.25) is 0 Å². The first-order valence-electron chi connectivity index (χ1n) is 4.42. The third kappa shape index (κ3) is 6.54. The largest absolute Gasteiger partial charge is 0.279 e. The monoisotopic (exact) mass is 219 g/mol. The fourth-order valence-electron chi connectivity index (χ4n) is 0.895. The molecule has 0 spiro atoms. The Hall–Kier alpha value is 0.150. The van der Waals surface area contributed by atoms with Crippen molar-refractivity contribution in [2.24, 2.45) is 4.99 Å². The molecule has 0 rings (SSSR count). The molecule has 1 nitrogen and oxygen atoms in total. The van der Waals surface area contributed by atoms with Gasteiger partial charge in [-0.05, 0) is 35.7 Å². The Kier molecular flexibility index (Phi) is 6.93. The number of halogens is 1. The highest BCUT2D eigenvalue weighted by molar-refractivity contribution is 9.18. The van der Waals surface area contributed by atoms with Crippen LogP contribution in [0, 0.1) is 0 Å². The van der Waals surface area contributed by atoms with Gasteiger partial charge < -0.3 is 0 Å². The predicted molar refractivity (Wildman–Crippen MR) is 55.6 cm³/mol. The zero-order chi connectivity index (χ0) is 8.69. The molecule has 0 aromatic heterocycles. The van der Waals surface area contributed by atoms with Crippen LogP contribution in [0.15, 0.2) is 4.99 Å². The average Bonchev–Trinajstić information content (AvgIpc) is 2.00. The molecular formula is C9H18BrN. The molecule has 1 unspecified atom stereocenters. The molecular weight excluding hydrogens is 202 g/mol. The minimum absolute atomic E-state index is 0.490. The van der Waals surface area contributed by atoms with Crippen LogP contribution in [0.1, 0.15) is 46.5 Å². The molecule has 11 heavy (non-hydrogen) atoms. The molecule has 0 aromatic rings. The van der Waals surface area contributed by atoms with Crippen LogP contribution in [0.5, 0.6) is 0 Å². The van der Waals surface area contributed by atoms with E-state index < -0.39 is 0 Å². The van der Waals surface area contributed by atoms with Crippen molar-refractivity contribution in [2.45, 2.75) is 52.5 Å². The number of aliphatic imine (C=N–C) groups is 1. The van der Waals surface area contributed by atoms with Gasteiger partial charge in [0, 0.05) is 6.04 Å². The zero-order valence-corrected chi connectivity index (χ0v) is 9.32. The molecule has 66 valence electrons. The highest BCUT2D eigenvalue weighted by atomic mass is 79.9. The second kappa shape index (κ2) is 6.84. The van der Waals surface area contributed by atoms with Crippen LogP contribution in [0.3, 0.4) is 0 Å². The Morgan fingerprint density at radius 1 is 1.45 bits per heavy atom. The molecule has 1 atom stereocenters. The van der Waals surface area contributed by atoms with Crippen molar-refractivity contribution in [2.75, 3.05) is 0 Å². The lowest BCUT2D eigenvalue weighted by molar-refractivity contribution is 0.618. The van der Waals surface area contributed by atoms with Crippen LogP contribution in [-0.2, 0) is 0 Å². The van der Waals surface area contributed by atoms with Crippen molar-refractivity contribution in [3.8, 4) is 0 Å². The predicted octanol–water partition coefficient (Wildman–Crippen LogP) is 3.77. The SMILES string of the molecule is CCCCC(C)/N=C(/Br)CC. The minimum atomic E-state index is 0.490. The van der Waals surface area contributed by atoms with Crippen LogP contribution in [0.4, 0.5) is 0 Å². The third-order valence-electron chi connectivity index (χ3n) is 1.63. The van der Waals surface area contributed by atoms with Gasteiger partial charge in [-0.2, -0.15) is 0 Å². The van der Waals surface area contributed by atoms with Crippen LogP contribution in [-0.4, -0.2) is 10.7 Å².